The number of aliphatic hydroxyl groups is 2. The normalized spacial score (nSPS) is 24.6. The maximum atomic E-state index is 9.74. The summed E-state index contributed by atoms with van der Waals surface area (Å²) in [4.78, 5) is 2.11. The number of ether oxygens (including phenoxy) is 1. The second-order valence-electron chi connectivity index (χ2n) is 4.64. The summed E-state index contributed by atoms with van der Waals surface area (Å²) in [5, 5.41) is 19.2. The minimum absolute atomic E-state index is 0.220. The fourth-order valence-corrected chi connectivity index (χ4v) is 2.01. The van der Waals surface area contributed by atoms with Crippen LogP contribution in [0.5, 0.6) is 0 Å². The van der Waals surface area contributed by atoms with Crippen molar-refractivity contribution in [1.82, 2.24) is 4.90 Å². The lowest BCUT2D eigenvalue weighted by Gasteiger charge is -2.31. The molecule has 4 nitrogen and oxygen atoms in total. The van der Waals surface area contributed by atoms with Gasteiger partial charge in [-0.25, -0.2) is 0 Å². The lowest BCUT2D eigenvalue weighted by atomic mass is 10.1. The van der Waals surface area contributed by atoms with E-state index in [1.54, 1.807) is 0 Å². The van der Waals surface area contributed by atoms with Gasteiger partial charge in [0.2, 0.25) is 0 Å². The summed E-state index contributed by atoms with van der Waals surface area (Å²) < 4.78 is 5.37. The summed E-state index contributed by atoms with van der Waals surface area (Å²) in [6.07, 6.45) is 3.43. The maximum Gasteiger partial charge on any atom is 0.0900 e. The van der Waals surface area contributed by atoms with Crippen LogP contribution in [0.1, 0.15) is 32.6 Å². The number of likely N-dealkylation sites (tertiary alicyclic amines) is 1. The lowest BCUT2D eigenvalue weighted by Crippen LogP contribution is -2.43. The van der Waals surface area contributed by atoms with E-state index in [9.17, 15) is 10.2 Å². The highest BCUT2D eigenvalue weighted by atomic mass is 16.5. The fourth-order valence-electron chi connectivity index (χ4n) is 2.01. The highest BCUT2D eigenvalue weighted by Crippen LogP contribution is 2.10. The van der Waals surface area contributed by atoms with Crippen molar-refractivity contribution < 1.29 is 14.9 Å². The van der Waals surface area contributed by atoms with Crippen molar-refractivity contribution in [2.24, 2.45) is 0 Å². The van der Waals surface area contributed by atoms with Crippen LogP contribution in [0.2, 0.25) is 0 Å². The first kappa shape index (κ1) is 13.9. The van der Waals surface area contributed by atoms with Gasteiger partial charge in [-0.05, 0) is 25.8 Å². The first-order valence-electron chi connectivity index (χ1n) is 6.38. The van der Waals surface area contributed by atoms with Gasteiger partial charge in [0.25, 0.3) is 0 Å². The molecule has 1 heterocycles. The van der Waals surface area contributed by atoms with E-state index in [2.05, 4.69) is 11.8 Å². The quantitative estimate of drug-likeness (QED) is 0.631. The minimum atomic E-state index is -0.429. The molecule has 1 fully saturated rings. The molecule has 1 rings (SSSR count). The van der Waals surface area contributed by atoms with Crippen molar-refractivity contribution in [3.8, 4) is 0 Å². The van der Waals surface area contributed by atoms with Crippen molar-refractivity contribution in [2.45, 2.75) is 44.8 Å². The molecule has 0 radical (unpaired) electrons. The molecule has 16 heavy (non-hydrogen) atoms. The summed E-state index contributed by atoms with van der Waals surface area (Å²) in [6.45, 7) is 5.54. The SMILES string of the molecule is CCCCOCC(O)CN1CCC[C@H](O)C1. The molecule has 0 saturated carbocycles. The van der Waals surface area contributed by atoms with E-state index in [1.165, 1.54) is 0 Å². The van der Waals surface area contributed by atoms with E-state index in [0.717, 1.165) is 38.8 Å². The molecule has 2 N–H and O–H groups in total. The zero-order valence-electron chi connectivity index (χ0n) is 10.3. The van der Waals surface area contributed by atoms with Crippen LogP contribution in [-0.2, 0) is 4.74 Å². The van der Waals surface area contributed by atoms with Crippen molar-refractivity contribution in [2.75, 3.05) is 32.8 Å². The van der Waals surface area contributed by atoms with Gasteiger partial charge in [0, 0.05) is 19.7 Å². The van der Waals surface area contributed by atoms with Crippen molar-refractivity contribution >= 4 is 0 Å². The summed E-state index contributed by atoms with van der Waals surface area (Å²) in [6, 6.07) is 0. The van der Waals surface area contributed by atoms with Crippen molar-refractivity contribution in [3.05, 3.63) is 0 Å². The largest absolute Gasteiger partial charge is 0.392 e. The van der Waals surface area contributed by atoms with E-state index in [0.29, 0.717) is 19.7 Å². The van der Waals surface area contributed by atoms with Gasteiger partial charge in [-0.2, -0.15) is 0 Å². The molecule has 0 spiro atoms. The molecule has 96 valence electrons. The average Bonchev–Trinajstić information content (AvgIpc) is 2.24. The fraction of sp³-hybridized carbons (Fsp3) is 1.00. The number of β-amino-alcohol motifs (C(OH)–C–C–N with tert-alkyl or cyclic N) is 2. The van der Waals surface area contributed by atoms with E-state index in [1.807, 2.05) is 0 Å². The van der Waals surface area contributed by atoms with E-state index in [-0.39, 0.29) is 6.10 Å². The van der Waals surface area contributed by atoms with Crippen molar-refractivity contribution in [3.63, 3.8) is 0 Å². The smallest absolute Gasteiger partial charge is 0.0900 e. The Morgan fingerprint density at radius 2 is 2.31 bits per heavy atom. The number of piperidine rings is 1. The molecule has 0 aliphatic carbocycles. The molecule has 0 amide bonds. The second kappa shape index (κ2) is 8.01. The second-order valence-corrected chi connectivity index (χ2v) is 4.64. The lowest BCUT2D eigenvalue weighted by molar-refractivity contribution is -0.00327. The van der Waals surface area contributed by atoms with Gasteiger partial charge in [0.15, 0.2) is 0 Å². The van der Waals surface area contributed by atoms with Crippen LogP contribution in [0.3, 0.4) is 0 Å². The van der Waals surface area contributed by atoms with Crippen LogP contribution >= 0.6 is 0 Å². The molecular formula is C12H25NO3. The third kappa shape index (κ3) is 5.80. The summed E-state index contributed by atoms with van der Waals surface area (Å²) in [7, 11) is 0. The predicted molar refractivity (Wildman–Crippen MR) is 63.4 cm³/mol. The van der Waals surface area contributed by atoms with E-state index in [4.69, 9.17) is 4.74 Å². The number of hydrogen-bond donors (Lipinski definition) is 2. The Balaban J connectivity index is 2.06. The van der Waals surface area contributed by atoms with E-state index < -0.39 is 6.10 Å². The molecule has 4 heteroatoms. The van der Waals surface area contributed by atoms with Crippen LogP contribution in [0.25, 0.3) is 0 Å². The number of rotatable bonds is 7. The average molecular weight is 231 g/mol. The predicted octanol–water partition coefficient (Wildman–Crippen LogP) is 0.621. The molecule has 1 saturated heterocycles. The van der Waals surface area contributed by atoms with Crippen LogP contribution in [0, 0.1) is 0 Å². The minimum Gasteiger partial charge on any atom is -0.392 e. The van der Waals surface area contributed by atoms with Crippen molar-refractivity contribution in [1.29, 1.82) is 0 Å². The molecule has 0 aromatic rings. The zero-order valence-corrected chi connectivity index (χ0v) is 10.3. The number of hydrogen-bond acceptors (Lipinski definition) is 4. The van der Waals surface area contributed by atoms with Gasteiger partial charge in [0.1, 0.15) is 0 Å². The Labute approximate surface area is 98.2 Å². The third-order valence-corrected chi connectivity index (χ3v) is 2.90. The van der Waals surface area contributed by atoms with Gasteiger partial charge in [0.05, 0.1) is 18.8 Å². The molecule has 1 unspecified atom stereocenters. The molecule has 0 aromatic heterocycles. The van der Waals surface area contributed by atoms with Crippen LogP contribution in [0.15, 0.2) is 0 Å². The highest BCUT2D eigenvalue weighted by molar-refractivity contribution is 4.73. The molecular weight excluding hydrogens is 206 g/mol. The van der Waals surface area contributed by atoms with Gasteiger partial charge >= 0.3 is 0 Å². The molecule has 2 atom stereocenters. The summed E-state index contributed by atoms with van der Waals surface area (Å²) in [5.41, 5.74) is 0. The molecule has 0 bridgehead atoms. The Bertz CT molecular complexity index is 178. The van der Waals surface area contributed by atoms with Crippen LogP contribution in [-0.4, -0.2) is 60.2 Å². The molecule has 1 aliphatic rings. The summed E-state index contributed by atoms with van der Waals surface area (Å²) >= 11 is 0. The third-order valence-electron chi connectivity index (χ3n) is 2.90. The van der Waals surface area contributed by atoms with Gasteiger partial charge in [-0.1, -0.05) is 13.3 Å². The van der Waals surface area contributed by atoms with Gasteiger partial charge < -0.3 is 14.9 Å². The monoisotopic (exact) mass is 231 g/mol. The number of aliphatic hydroxyl groups excluding tert-OH is 2. The van der Waals surface area contributed by atoms with Crippen LogP contribution < -0.4 is 0 Å². The van der Waals surface area contributed by atoms with Gasteiger partial charge in [-0.15, -0.1) is 0 Å². The first-order chi connectivity index (χ1) is 7.72. The topological polar surface area (TPSA) is 52.9 Å². The molecule has 0 aromatic carbocycles. The highest BCUT2D eigenvalue weighted by Gasteiger charge is 2.19. The van der Waals surface area contributed by atoms with Gasteiger partial charge in [-0.3, -0.25) is 4.90 Å². The summed E-state index contributed by atoms with van der Waals surface area (Å²) in [5.74, 6) is 0. The van der Waals surface area contributed by atoms with Crippen LogP contribution in [0.4, 0.5) is 0 Å². The Morgan fingerprint density at radius 1 is 1.50 bits per heavy atom. The number of unbranched alkanes of at least 4 members (excludes halogenated alkanes) is 1. The Kier molecular flexibility index (Phi) is 6.96. The maximum absolute atomic E-state index is 9.74. The zero-order chi connectivity index (χ0) is 11.8. The van der Waals surface area contributed by atoms with E-state index >= 15 is 0 Å². The Hall–Kier alpha value is -0.160. The standard InChI is InChI=1S/C12H25NO3/c1-2-3-7-16-10-12(15)9-13-6-4-5-11(14)8-13/h11-12,14-15H,2-10H2,1H3/t11-,12?/m0/s1. The molecule has 1 aliphatic heterocycles. The first-order valence-corrected chi connectivity index (χ1v) is 6.38. The number of nitrogens with zero attached hydrogens (tertiary/aromatic N) is 1. The Morgan fingerprint density at radius 3 is 3.00 bits per heavy atom.